The molecule has 1 saturated heterocycles. The average molecular weight is 370 g/mol. The summed E-state index contributed by atoms with van der Waals surface area (Å²) in [6.45, 7) is 7.59. The third kappa shape index (κ3) is 4.62. The van der Waals surface area contributed by atoms with E-state index in [1.807, 2.05) is 0 Å². The molecule has 0 unspecified atom stereocenters. The normalized spacial score (nSPS) is 16.7. The van der Waals surface area contributed by atoms with Crippen molar-refractivity contribution in [2.24, 2.45) is 0 Å². The van der Waals surface area contributed by atoms with Gasteiger partial charge in [0.05, 0.1) is 4.91 Å². The summed E-state index contributed by atoms with van der Waals surface area (Å²) < 4.78 is 27.2. The second kappa shape index (κ2) is 8.69. The van der Waals surface area contributed by atoms with Gasteiger partial charge in [0.2, 0.25) is 0 Å². The van der Waals surface area contributed by atoms with E-state index in [1.54, 1.807) is 4.90 Å². The predicted molar refractivity (Wildman–Crippen MR) is 98.6 cm³/mol. The van der Waals surface area contributed by atoms with Crippen LogP contribution in [-0.2, 0) is 4.79 Å². The van der Waals surface area contributed by atoms with Crippen LogP contribution in [0.1, 0.15) is 25.8 Å². The van der Waals surface area contributed by atoms with Crippen LogP contribution in [0.5, 0.6) is 0 Å². The van der Waals surface area contributed by atoms with E-state index in [0.29, 0.717) is 15.8 Å². The van der Waals surface area contributed by atoms with Crippen LogP contribution in [0.25, 0.3) is 6.08 Å². The summed E-state index contributed by atoms with van der Waals surface area (Å²) in [6, 6.07) is 3.29. The largest absolute Gasteiger partial charge is 0.304 e. The molecule has 0 aliphatic carbocycles. The number of thiocarbonyl (C=S) groups is 1. The minimum absolute atomic E-state index is 0.181. The lowest BCUT2D eigenvalue weighted by Crippen LogP contribution is -2.32. The van der Waals surface area contributed by atoms with Crippen molar-refractivity contribution in [1.82, 2.24) is 9.80 Å². The highest BCUT2D eigenvalue weighted by Crippen LogP contribution is 2.33. The average Bonchev–Trinajstić information content (AvgIpc) is 2.81. The summed E-state index contributed by atoms with van der Waals surface area (Å²) in [4.78, 5) is 16.7. The lowest BCUT2D eigenvalue weighted by Gasteiger charge is -2.20. The molecule has 0 saturated carbocycles. The molecule has 3 nitrogen and oxygen atoms in total. The molecule has 1 heterocycles. The number of hydrogen-bond donors (Lipinski definition) is 0. The van der Waals surface area contributed by atoms with Gasteiger partial charge in [-0.3, -0.25) is 9.69 Å². The maximum absolute atomic E-state index is 13.7. The first kappa shape index (κ1) is 19.0. The molecule has 0 radical (unpaired) electrons. The van der Waals surface area contributed by atoms with Gasteiger partial charge in [0, 0.05) is 18.2 Å². The van der Waals surface area contributed by atoms with Crippen molar-refractivity contribution in [1.29, 1.82) is 0 Å². The molecule has 2 rings (SSSR count). The lowest BCUT2D eigenvalue weighted by atomic mass is 10.2. The second-order valence-electron chi connectivity index (χ2n) is 5.38. The van der Waals surface area contributed by atoms with Crippen molar-refractivity contribution in [2.45, 2.75) is 20.3 Å². The Morgan fingerprint density at radius 3 is 2.62 bits per heavy atom. The van der Waals surface area contributed by atoms with E-state index >= 15 is 0 Å². The molecule has 0 N–H and O–H groups in total. The van der Waals surface area contributed by atoms with Crippen molar-refractivity contribution >= 4 is 40.3 Å². The number of thioether (sulfide) groups is 1. The fourth-order valence-corrected chi connectivity index (χ4v) is 3.74. The third-order valence-corrected chi connectivity index (χ3v) is 5.25. The Hall–Kier alpha value is -1.31. The number of hydrogen-bond acceptors (Lipinski definition) is 4. The Labute approximate surface area is 150 Å². The second-order valence-corrected chi connectivity index (χ2v) is 7.06. The topological polar surface area (TPSA) is 23.6 Å². The van der Waals surface area contributed by atoms with Crippen LogP contribution in [0, 0.1) is 11.6 Å². The number of benzene rings is 1. The van der Waals surface area contributed by atoms with Gasteiger partial charge >= 0.3 is 0 Å². The van der Waals surface area contributed by atoms with Gasteiger partial charge in [-0.15, -0.1) is 0 Å². The number of amides is 1. The van der Waals surface area contributed by atoms with E-state index in [1.165, 1.54) is 18.2 Å². The van der Waals surface area contributed by atoms with Crippen LogP contribution in [0.3, 0.4) is 0 Å². The quantitative estimate of drug-likeness (QED) is 0.537. The van der Waals surface area contributed by atoms with Crippen molar-refractivity contribution < 1.29 is 13.6 Å². The summed E-state index contributed by atoms with van der Waals surface area (Å²) in [6.07, 6.45) is 2.25. The SMILES string of the molecule is CCN(CC)CCCN1C(=O)/C(=C/c2ccc(F)cc2F)SC1=S. The van der Waals surface area contributed by atoms with Gasteiger partial charge < -0.3 is 4.90 Å². The van der Waals surface area contributed by atoms with E-state index < -0.39 is 11.6 Å². The zero-order chi connectivity index (χ0) is 17.7. The van der Waals surface area contributed by atoms with Crippen molar-refractivity contribution in [2.75, 3.05) is 26.2 Å². The Bertz CT molecular complexity index is 660. The van der Waals surface area contributed by atoms with E-state index in [-0.39, 0.29) is 11.5 Å². The summed E-state index contributed by atoms with van der Waals surface area (Å²) in [5, 5.41) is 0. The minimum Gasteiger partial charge on any atom is -0.304 e. The number of halogens is 2. The summed E-state index contributed by atoms with van der Waals surface area (Å²) in [5.41, 5.74) is 0.181. The first-order valence-electron chi connectivity index (χ1n) is 7.89. The van der Waals surface area contributed by atoms with Crippen LogP contribution >= 0.6 is 24.0 Å². The summed E-state index contributed by atoms with van der Waals surface area (Å²) in [7, 11) is 0. The zero-order valence-corrected chi connectivity index (χ0v) is 15.4. The predicted octanol–water partition coefficient (Wildman–Crippen LogP) is 3.90. The maximum Gasteiger partial charge on any atom is 0.266 e. The number of nitrogens with zero attached hydrogens (tertiary/aromatic N) is 2. The van der Waals surface area contributed by atoms with Crippen LogP contribution in [0.2, 0.25) is 0 Å². The highest BCUT2D eigenvalue weighted by molar-refractivity contribution is 8.26. The monoisotopic (exact) mass is 370 g/mol. The van der Waals surface area contributed by atoms with Crippen molar-refractivity contribution in [3.8, 4) is 0 Å². The minimum atomic E-state index is -0.693. The number of carbonyl (C=O) groups is 1. The molecule has 24 heavy (non-hydrogen) atoms. The van der Waals surface area contributed by atoms with Gasteiger partial charge in [-0.1, -0.05) is 37.8 Å². The molecule has 1 aliphatic rings. The third-order valence-electron chi connectivity index (χ3n) is 3.87. The van der Waals surface area contributed by atoms with Gasteiger partial charge in [-0.25, -0.2) is 8.78 Å². The Kier molecular flexibility index (Phi) is 6.89. The fraction of sp³-hybridized carbons (Fsp3) is 0.412. The van der Waals surface area contributed by atoms with Crippen LogP contribution in [0.15, 0.2) is 23.1 Å². The van der Waals surface area contributed by atoms with E-state index in [2.05, 4.69) is 18.7 Å². The first-order chi connectivity index (χ1) is 11.5. The highest BCUT2D eigenvalue weighted by Gasteiger charge is 2.31. The molecular formula is C17H20F2N2OS2. The van der Waals surface area contributed by atoms with Gasteiger partial charge in [-0.05, 0) is 44.3 Å². The summed E-state index contributed by atoms with van der Waals surface area (Å²) >= 11 is 6.41. The maximum atomic E-state index is 13.7. The van der Waals surface area contributed by atoms with Gasteiger partial charge in [0.25, 0.3) is 5.91 Å². The lowest BCUT2D eigenvalue weighted by molar-refractivity contribution is -0.122. The van der Waals surface area contributed by atoms with E-state index in [9.17, 15) is 13.6 Å². The fourth-order valence-electron chi connectivity index (χ4n) is 2.44. The molecule has 0 bridgehead atoms. The molecule has 7 heteroatoms. The molecule has 0 aromatic heterocycles. The molecule has 130 valence electrons. The van der Waals surface area contributed by atoms with Gasteiger partial charge in [0.1, 0.15) is 16.0 Å². The van der Waals surface area contributed by atoms with Crippen LogP contribution in [-0.4, -0.2) is 46.2 Å². The van der Waals surface area contributed by atoms with Crippen molar-refractivity contribution in [3.05, 3.63) is 40.3 Å². The Morgan fingerprint density at radius 1 is 1.29 bits per heavy atom. The number of carbonyl (C=O) groups excluding carboxylic acids is 1. The van der Waals surface area contributed by atoms with Crippen LogP contribution < -0.4 is 0 Å². The number of rotatable bonds is 7. The molecule has 1 aliphatic heterocycles. The van der Waals surface area contributed by atoms with Gasteiger partial charge in [-0.2, -0.15) is 0 Å². The molecule has 1 fully saturated rings. The van der Waals surface area contributed by atoms with E-state index in [4.69, 9.17) is 12.2 Å². The first-order valence-corrected chi connectivity index (χ1v) is 9.11. The Morgan fingerprint density at radius 2 is 2.00 bits per heavy atom. The van der Waals surface area contributed by atoms with Crippen LogP contribution in [0.4, 0.5) is 8.78 Å². The molecular weight excluding hydrogens is 350 g/mol. The molecule has 1 aromatic rings. The molecule has 0 atom stereocenters. The smallest absolute Gasteiger partial charge is 0.266 e. The summed E-state index contributed by atoms with van der Waals surface area (Å²) in [5.74, 6) is -1.55. The molecule has 1 aromatic carbocycles. The zero-order valence-electron chi connectivity index (χ0n) is 13.7. The highest BCUT2D eigenvalue weighted by atomic mass is 32.2. The van der Waals surface area contributed by atoms with Crippen molar-refractivity contribution in [3.63, 3.8) is 0 Å². The Balaban J connectivity index is 2.04. The van der Waals surface area contributed by atoms with Gasteiger partial charge in [0.15, 0.2) is 0 Å². The van der Waals surface area contributed by atoms with E-state index in [0.717, 1.165) is 43.9 Å². The molecule has 0 spiro atoms. The standard InChI is InChI=1S/C17H20F2N2OS2/c1-3-20(4-2)8-5-9-21-16(22)15(24-17(21)23)10-12-6-7-13(18)11-14(12)19/h6-7,10-11H,3-5,8-9H2,1-2H3/b15-10-. The molecule has 1 amide bonds.